The van der Waals surface area contributed by atoms with Gasteiger partial charge in [-0.3, -0.25) is 30.0 Å². The Balaban J connectivity index is 0.896. The second-order valence-electron chi connectivity index (χ2n) is 13.8. The number of hydrogen-bond acceptors (Lipinski definition) is 10. The molecular formula is C40H42N12O2. The van der Waals surface area contributed by atoms with E-state index in [1.807, 2.05) is 26.2 Å². The van der Waals surface area contributed by atoms with Crippen molar-refractivity contribution in [2.24, 2.45) is 0 Å². The van der Waals surface area contributed by atoms with Gasteiger partial charge in [0, 0.05) is 24.8 Å². The highest BCUT2D eigenvalue weighted by Crippen LogP contribution is 2.35. The lowest BCUT2D eigenvalue weighted by molar-refractivity contribution is -0.122. The van der Waals surface area contributed by atoms with Crippen LogP contribution in [0.3, 0.4) is 0 Å². The van der Waals surface area contributed by atoms with Crippen molar-refractivity contribution in [2.75, 3.05) is 23.7 Å². The molecule has 2 amide bonds. The molecule has 4 aromatic heterocycles. The Hall–Kier alpha value is -6.12. The number of likely N-dealkylation sites (tertiary alicyclic amines) is 2. The van der Waals surface area contributed by atoms with Crippen LogP contribution in [0.25, 0.3) is 33.6 Å². The fourth-order valence-corrected chi connectivity index (χ4v) is 7.54. The Labute approximate surface area is 312 Å². The van der Waals surface area contributed by atoms with Crippen LogP contribution in [0.2, 0.25) is 0 Å². The van der Waals surface area contributed by atoms with Gasteiger partial charge in [0.15, 0.2) is 0 Å². The highest BCUT2D eigenvalue weighted by molar-refractivity contribution is 5.93. The zero-order valence-electron chi connectivity index (χ0n) is 30.2. The summed E-state index contributed by atoms with van der Waals surface area (Å²) in [5.74, 6) is 2.05. The number of imidazole rings is 2. The van der Waals surface area contributed by atoms with E-state index >= 15 is 0 Å². The molecule has 0 bridgehead atoms. The van der Waals surface area contributed by atoms with Gasteiger partial charge >= 0.3 is 0 Å². The summed E-state index contributed by atoms with van der Waals surface area (Å²) >= 11 is 0. The largest absolute Gasteiger partial charge is 0.341 e. The topological polar surface area (TPSA) is 174 Å². The summed E-state index contributed by atoms with van der Waals surface area (Å²) in [6.07, 6.45) is 14.0. The lowest BCUT2D eigenvalue weighted by Crippen LogP contribution is -2.42. The molecule has 8 rings (SSSR count). The first-order valence-corrected chi connectivity index (χ1v) is 18.4. The fraction of sp³-hybridized carbons (Fsp3) is 0.300. The number of aromatic nitrogens is 8. The molecule has 54 heavy (non-hydrogen) atoms. The molecule has 2 fully saturated rings. The van der Waals surface area contributed by atoms with Gasteiger partial charge in [-0.2, -0.15) is 0 Å². The molecule has 2 aromatic carbocycles. The number of aromatic amines is 2. The summed E-state index contributed by atoms with van der Waals surface area (Å²) < 4.78 is 0. The van der Waals surface area contributed by atoms with E-state index in [1.165, 1.54) is 0 Å². The van der Waals surface area contributed by atoms with Crippen molar-refractivity contribution >= 4 is 23.7 Å². The lowest BCUT2D eigenvalue weighted by atomic mass is 10.0. The highest BCUT2D eigenvalue weighted by atomic mass is 16.2. The molecule has 14 nitrogen and oxygen atoms in total. The third-order valence-electron chi connectivity index (χ3n) is 10.5. The third-order valence-corrected chi connectivity index (χ3v) is 10.5. The Kier molecular flexibility index (Phi) is 10.0. The van der Waals surface area contributed by atoms with Gasteiger partial charge in [-0.15, -0.1) is 0 Å². The lowest BCUT2D eigenvalue weighted by Gasteiger charge is -2.28. The van der Waals surface area contributed by atoms with E-state index in [-0.39, 0.29) is 36.0 Å². The molecular weight excluding hydrogens is 681 g/mol. The molecule has 6 heterocycles. The molecule has 6 aromatic rings. The monoisotopic (exact) mass is 722 g/mol. The molecule has 0 aliphatic carbocycles. The van der Waals surface area contributed by atoms with E-state index in [0.29, 0.717) is 11.9 Å². The van der Waals surface area contributed by atoms with Crippen molar-refractivity contribution in [1.29, 1.82) is 0 Å². The van der Waals surface area contributed by atoms with E-state index in [4.69, 9.17) is 9.97 Å². The number of anilines is 2. The summed E-state index contributed by atoms with van der Waals surface area (Å²) in [6.45, 7) is 5.45. The van der Waals surface area contributed by atoms with E-state index in [0.717, 1.165) is 84.1 Å². The average molecular weight is 723 g/mol. The number of amides is 2. The number of carbonyl (C=O) groups excluding carboxylic acids is 2. The third kappa shape index (κ3) is 7.38. The maximum Gasteiger partial charge on any atom is 0.243 e. The van der Waals surface area contributed by atoms with Crippen molar-refractivity contribution in [3.05, 3.63) is 109 Å². The fourth-order valence-electron chi connectivity index (χ4n) is 7.54. The number of H-pyrrole nitrogens is 2. The number of benzene rings is 2. The van der Waals surface area contributed by atoms with Crippen LogP contribution >= 0.6 is 0 Å². The molecule has 2 saturated heterocycles. The molecule has 4 N–H and O–H groups in total. The highest BCUT2D eigenvalue weighted by Gasteiger charge is 2.36. The van der Waals surface area contributed by atoms with Gasteiger partial charge in [0.1, 0.15) is 11.6 Å². The molecule has 2 aliphatic rings. The number of carbonyl (C=O) groups is 2. The molecule has 4 atom stereocenters. The minimum atomic E-state index is -0.362. The van der Waals surface area contributed by atoms with Crippen LogP contribution in [-0.4, -0.2) is 86.7 Å². The molecule has 0 saturated carbocycles. The number of nitrogens with one attached hydrogen (secondary N) is 4. The Bertz CT molecular complexity index is 2030. The van der Waals surface area contributed by atoms with Crippen LogP contribution in [-0.2, 0) is 9.59 Å². The predicted octanol–water partition coefficient (Wildman–Crippen LogP) is 6.04. The zero-order valence-corrected chi connectivity index (χ0v) is 30.2. The van der Waals surface area contributed by atoms with E-state index in [9.17, 15) is 9.59 Å². The molecule has 0 spiro atoms. The van der Waals surface area contributed by atoms with Crippen LogP contribution in [0.4, 0.5) is 11.9 Å². The van der Waals surface area contributed by atoms with Crippen LogP contribution in [0.1, 0.15) is 63.3 Å². The zero-order chi connectivity index (χ0) is 37.0. The van der Waals surface area contributed by atoms with Crippen LogP contribution in [0.5, 0.6) is 0 Å². The molecule has 0 radical (unpaired) electrons. The van der Waals surface area contributed by atoms with Gasteiger partial charge in [0.05, 0.1) is 47.9 Å². The van der Waals surface area contributed by atoms with E-state index in [1.54, 1.807) is 36.9 Å². The maximum absolute atomic E-state index is 13.0. The molecule has 2 aliphatic heterocycles. The van der Waals surface area contributed by atoms with Crippen molar-refractivity contribution in [1.82, 2.24) is 49.7 Å². The Morgan fingerprint density at radius 2 is 0.963 bits per heavy atom. The molecule has 2 unspecified atom stereocenters. The standard InChI is InChI=1S/C40H42N12O2/c1-25(37(53)49-39-41-17-5-18-42-39)51-21-3-7-33(51)35-45-23-31(47-35)29-13-9-27(10-14-29)28-11-15-30(16-12-28)32-24-46-36(48-32)34-8-4-22-52(34)26(2)38(54)50-40-43-19-6-20-44-40/h5-6,9-20,23-26,33-34H,3-4,7-8,21-22H2,1-2H3,(H,45,47)(H,46,48)(H,41,42,49,53)(H,43,44,50,54)/t25-,26-,33?,34?/m0/s1. The van der Waals surface area contributed by atoms with Gasteiger partial charge in [-0.1, -0.05) is 48.5 Å². The minimum Gasteiger partial charge on any atom is -0.341 e. The van der Waals surface area contributed by atoms with Gasteiger partial charge in [0.2, 0.25) is 23.7 Å². The van der Waals surface area contributed by atoms with Crippen molar-refractivity contribution in [3.63, 3.8) is 0 Å². The minimum absolute atomic E-state index is 0.0163. The Morgan fingerprint density at radius 3 is 1.35 bits per heavy atom. The average Bonchev–Trinajstić information content (AvgIpc) is 4.05. The quantitative estimate of drug-likeness (QED) is 0.123. The van der Waals surface area contributed by atoms with Gasteiger partial charge in [-0.05, 0) is 87.0 Å². The van der Waals surface area contributed by atoms with Crippen molar-refractivity contribution in [3.8, 4) is 33.6 Å². The second-order valence-corrected chi connectivity index (χ2v) is 13.8. The number of nitrogens with zero attached hydrogens (tertiary/aromatic N) is 8. The van der Waals surface area contributed by atoms with E-state index < -0.39 is 0 Å². The Morgan fingerprint density at radius 1 is 0.593 bits per heavy atom. The predicted molar refractivity (Wildman–Crippen MR) is 205 cm³/mol. The van der Waals surface area contributed by atoms with Gasteiger partial charge in [-0.25, -0.2) is 29.9 Å². The SMILES string of the molecule is C[C@@H](C(=O)Nc1ncccn1)N1CCCC1c1ncc(-c2ccc(-c3ccc(-c4cnc(C5CCCN5[C@@H](C)C(=O)Nc5ncccn5)[nH]4)cc3)cc2)[nH]1. The summed E-state index contributed by atoms with van der Waals surface area (Å²) in [4.78, 5) is 63.4. The second kappa shape index (κ2) is 15.5. The summed E-state index contributed by atoms with van der Waals surface area (Å²) in [5, 5.41) is 5.65. The van der Waals surface area contributed by atoms with Crippen molar-refractivity contribution in [2.45, 2.75) is 63.7 Å². The summed E-state index contributed by atoms with van der Waals surface area (Å²) in [7, 11) is 0. The van der Waals surface area contributed by atoms with Crippen molar-refractivity contribution < 1.29 is 9.59 Å². The first-order valence-electron chi connectivity index (χ1n) is 18.4. The number of hydrogen-bond donors (Lipinski definition) is 4. The maximum atomic E-state index is 13.0. The first-order chi connectivity index (χ1) is 26.4. The summed E-state index contributed by atoms with van der Waals surface area (Å²) in [6, 6.07) is 19.6. The normalized spacial score (nSPS) is 18.7. The van der Waals surface area contributed by atoms with Crippen LogP contribution < -0.4 is 10.6 Å². The van der Waals surface area contributed by atoms with Gasteiger partial charge in [0.25, 0.3) is 0 Å². The first kappa shape index (κ1) is 34.9. The smallest absolute Gasteiger partial charge is 0.243 e. The molecule has 274 valence electrons. The van der Waals surface area contributed by atoms with Crippen LogP contribution in [0.15, 0.2) is 97.8 Å². The van der Waals surface area contributed by atoms with E-state index in [2.05, 4.69) is 98.9 Å². The number of rotatable bonds is 11. The summed E-state index contributed by atoms with van der Waals surface area (Å²) in [5.41, 5.74) is 6.16. The molecule has 14 heteroatoms. The van der Waals surface area contributed by atoms with Crippen LogP contribution in [0, 0.1) is 0 Å². The van der Waals surface area contributed by atoms with Gasteiger partial charge < -0.3 is 9.97 Å².